The first-order valence-electron chi connectivity index (χ1n) is 7.19. The van der Waals surface area contributed by atoms with E-state index in [0.717, 1.165) is 18.6 Å². The second-order valence-electron chi connectivity index (χ2n) is 5.37. The van der Waals surface area contributed by atoms with Crippen LogP contribution in [0, 0.1) is 0 Å². The number of aromatic amines is 1. The van der Waals surface area contributed by atoms with Crippen LogP contribution in [0.25, 0.3) is 10.9 Å². The highest BCUT2D eigenvalue weighted by Gasteiger charge is 2.45. The maximum atomic E-state index is 12.0. The summed E-state index contributed by atoms with van der Waals surface area (Å²) in [6.07, 6.45) is 1.83. The number of para-hydroxylation sites is 1. The van der Waals surface area contributed by atoms with Crippen LogP contribution in [-0.4, -0.2) is 38.2 Å². The Hall–Kier alpha value is -1.53. The van der Waals surface area contributed by atoms with E-state index >= 15 is 0 Å². The third-order valence-corrected chi connectivity index (χ3v) is 5.39. The molecule has 2 atom stereocenters. The Balaban J connectivity index is 1.75. The van der Waals surface area contributed by atoms with Gasteiger partial charge in [-0.3, -0.25) is 9.78 Å². The first-order chi connectivity index (χ1) is 10.1. The van der Waals surface area contributed by atoms with E-state index in [-0.39, 0.29) is 10.8 Å². The zero-order valence-corrected chi connectivity index (χ0v) is 12.7. The van der Waals surface area contributed by atoms with E-state index in [2.05, 4.69) is 22.2 Å². The van der Waals surface area contributed by atoms with Crippen LogP contribution >= 0.6 is 11.8 Å². The number of hydrogen-bond donors (Lipinski definition) is 3. The summed E-state index contributed by atoms with van der Waals surface area (Å²) < 4.78 is 0. The zero-order chi connectivity index (χ0) is 14.9. The van der Waals surface area contributed by atoms with Crippen LogP contribution in [0.4, 0.5) is 5.95 Å². The number of benzene rings is 1. The largest absolute Gasteiger partial charge is 0.387 e. The van der Waals surface area contributed by atoms with E-state index in [9.17, 15) is 9.90 Å². The molecule has 2 unspecified atom stereocenters. The Morgan fingerprint density at radius 3 is 3.05 bits per heavy atom. The third kappa shape index (κ3) is 2.78. The van der Waals surface area contributed by atoms with Gasteiger partial charge >= 0.3 is 0 Å². The molecule has 2 aromatic rings. The monoisotopic (exact) mass is 305 g/mol. The van der Waals surface area contributed by atoms with Crippen LogP contribution in [0.2, 0.25) is 0 Å². The molecule has 0 aliphatic heterocycles. The molecule has 1 aromatic heterocycles. The van der Waals surface area contributed by atoms with Crippen molar-refractivity contribution in [3.63, 3.8) is 0 Å². The van der Waals surface area contributed by atoms with Crippen molar-refractivity contribution < 1.29 is 5.11 Å². The third-order valence-electron chi connectivity index (χ3n) is 3.98. The average molecular weight is 305 g/mol. The number of aromatic nitrogens is 2. The van der Waals surface area contributed by atoms with E-state index in [1.165, 1.54) is 0 Å². The minimum Gasteiger partial charge on any atom is -0.387 e. The summed E-state index contributed by atoms with van der Waals surface area (Å²) in [4.78, 5) is 19.1. The predicted molar refractivity (Wildman–Crippen MR) is 87.0 cm³/mol. The molecular weight excluding hydrogens is 286 g/mol. The molecule has 0 amide bonds. The molecule has 3 N–H and O–H groups in total. The lowest BCUT2D eigenvalue weighted by Gasteiger charge is -2.45. The summed E-state index contributed by atoms with van der Waals surface area (Å²) in [5.74, 6) is 1.41. The summed E-state index contributed by atoms with van der Waals surface area (Å²) in [5.41, 5.74) is -0.211. The van der Waals surface area contributed by atoms with Gasteiger partial charge < -0.3 is 10.4 Å². The highest BCUT2D eigenvalue weighted by molar-refractivity contribution is 8.00. The van der Waals surface area contributed by atoms with Gasteiger partial charge in [0, 0.05) is 11.8 Å². The topological polar surface area (TPSA) is 78.0 Å². The molecule has 112 valence electrons. The molecule has 0 saturated heterocycles. The quantitative estimate of drug-likeness (QED) is 0.787. The Kier molecular flexibility index (Phi) is 3.91. The van der Waals surface area contributed by atoms with Gasteiger partial charge in [0.2, 0.25) is 5.95 Å². The summed E-state index contributed by atoms with van der Waals surface area (Å²) in [7, 11) is 0. The second kappa shape index (κ2) is 5.69. The van der Waals surface area contributed by atoms with E-state index < -0.39 is 5.60 Å². The average Bonchev–Trinajstić information content (AvgIpc) is 2.49. The first-order valence-corrected chi connectivity index (χ1v) is 8.24. The van der Waals surface area contributed by atoms with E-state index in [1.54, 1.807) is 17.8 Å². The molecule has 0 spiro atoms. The fourth-order valence-corrected chi connectivity index (χ4v) is 3.84. The highest BCUT2D eigenvalue weighted by Crippen LogP contribution is 2.41. The molecule has 0 bridgehead atoms. The van der Waals surface area contributed by atoms with Gasteiger partial charge in [-0.1, -0.05) is 19.1 Å². The first kappa shape index (κ1) is 14.4. The van der Waals surface area contributed by atoms with Crippen molar-refractivity contribution in [1.29, 1.82) is 0 Å². The normalized spacial score (nSPS) is 24.8. The number of aliphatic hydroxyl groups is 1. The van der Waals surface area contributed by atoms with Crippen LogP contribution in [0.15, 0.2) is 29.1 Å². The number of rotatable bonds is 5. The molecule has 5 nitrogen and oxygen atoms in total. The van der Waals surface area contributed by atoms with Crippen molar-refractivity contribution in [3.8, 4) is 0 Å². The zero-order valence-electron chi connectivity index (χ0n) is 11.9. The minimum absolute atomic E-state index is 0.164. The van der Waals surface area contributed by atoms with Crippen LogP contribution < -0.4 is 10.9 Å². The van der Waals surface area contributed by atoms with Gasteiger partial charge in [0.15, 0.2) is 0 Å². The fourth-order valence-electron chi connectivity index (χ4n) is 2.64. The Labute approximate surface area is 127 Å². The van der Waals surface area contributed by atoms with Gasteiger partial charge in [-0.05, 0) is 30.7 Å². The molecule has 0 radical (unpaired) electrons. The maximum absolute atomic E-state index is 12.0. The number of fused-ring (bicyclic) bond motifs is 1. The molecule has 1 aromatic carbocycles. The van der Waals surface area contributed by atoms with Crippen molar-refractivity contribution in [1.82, 2.24) is 9.97 Å². The lowest BCUT2D eigenvalue weighted by molar-refractivity contribution is -0.0121. The number of nitrogens with one attached hydrogen (secondary N) is 2. The number of thioether (sulfide) groups is 1. The predicted octanol–water partition coefficient (Wildman–Crippen LogP) is 1.98. The molecule has 1 aliphatic rings. The Morgan fingerprint density at radius 2 is 2.33 bits per heavy atom. The van der Waals surface area contributed by atoms with Gasteiger partial charge in [0.05, 0.1) is 16.5 Å². The van der Waals surface area contributed by atoms with Gasteiger partial charge in [-0.15, -0.1) is 0 Å². The molecule has 3 rings (SSSR count). The number of anilines is 1. The van der Waals surface area contributed by atoms with E-state index in [4.69, 9.17) is 0 Å². The summed E-state index contributed by atoms with van der Waals surface area (Å²) in [6.45, 7) is 2.51. The Bertz CT molecular complexity index is 703. The molecular formula is C15H19N3O2S. The summed E-state index contributed by atoms with van der Waals surface area (Å²) in [6, 6.07) is 7.23. The van der Waals surface area contributed by atoms with Crippen molar-refractivity contribution >= 4 is 28.6 Å². The number of H-pyrrole nitrogens is 1. The van der Waals surface area contributed by atoms with Gasteiger partial charge in [0.1, 0.15) is 0 Å². The van der Waals surface area contributed by atoms with Crippen molar-refractivity contribution in [3.05, 3.63) is 34.6 Å². The maximum Gasteiger partial charge on any atom is 0.260 e. The number of nitrogens with zero attached hydrogens (tertiary/aromatic N) is 1. The highest BCUT2D eigenvalue weighted by atomic mass is 32.2. The van der Waals surface area contributed by atoms with Crippen LogP contribution in [-0.2, 0) is 0 Å². The molecule has 21 heavy (non-hydrogen) atoms. The van der Waals surface area contributed by atoms with E-state index in [0.29, 0.717) is 23.4 Å². The standard InChI is InChI=1S/C15H19N3O2S/c1-2-21-12-7-8-15(12,20)9-16-14-17-11-6-4-3-5-10(11)13(19)18-14/h3-6,12,20H,2,7-9H2,1H3,(H2,16,17,18,19). The smallest absolute Gasteiger partial charge is 0.260 e. The number of hydrogen-bond acceptors (Lipinski definition) is 5. The van der Waals surface area contributed by atoms with Crippen molar-refractivity contribution in [2.75, 3.05) is 17.6 Å². The lowest BCUT2D eigenvalue weighted by atomic mass is 9.79. The van der Waals surface area contributed by atoms with Gasteiger partial charge in [-0.2, -0.15) is 11.8 Å². The summed E-state index contributed by atoms with van der Waals surface area (Å²) in [5, 5.41) is 14.5. The van der Waals surface area contributed by atoms with Gasteiger partial charge in [-0.25, -0.2) is 4.98 Å². The fraction of sp³-hybridized carbons (Fsp3) is 0.467. The molecule has 1 fully saturated rings. The molecule has 1 saturated carbocycles. The minimum atomic E-state index is -0.703. The van der Waals surface area contributed by atoms with Crippen molar-refractivity contribution in [2.45, 2.75) is 30.6 Å². The SMILES string of the molecule is CCSC1CCC1(O)CNc1nc2ccccc2c(=O)[nH]1. The Morgan fingerprint density at radius 1 is 1.52 bits per heavy atom. The van der Waals surface area contributed by atoms with Crippen molar-refractivity contribution in [2.24, 2.45) is 0 Å². The molecule has 6 heteroatoms. The lowest BCUT2D eigenvalue weighted by Crippen LogP contribution is -2.54. The molecule has 1 aliphatic carbocycles. The van der Waals surface area contributed by atoms with Crippen LogP contribution in [0.1, 0.15) is 19.8 Å². The van der Waals surface area contributed by atoms with Crippen LogP contribution in [0.3, 0.4) is 0 Å². The molecule has 1 heterocycles. The second-order valence-corrected chi connectivity index (χ2v) is 6.85. The van der Waals surface area contributed by atoms with Gasteiger partial charge in [0.25, 0.3) is 5.56 Å². The van der Waals surface area contributed by atoms with E-state index in [1.807, 2.05) is 18.2 Å². The van der Waals surface area contributed by atoms with Crippen LogP contribution in [0.5, 0.6) is 0 Å². The summed E-state index contributed by atoms with van der Waals surface area (Å²) >= 11 is 1.78.